The van der Waals surface area contributed by atoms with Crippen LogP contribution in [-0.4, -0.2) is 55.2 Å². The van der Waals surface area contributed by atoms with E-state index >= 15 is 0 Å². The average molecular weight is 413 g/mol. The van der Waals surface area contributed by atoms with E-state index in [2.05, 4.69) is 20.9 Å². The lowest BCUT2D eigenvalue weighted by Crippen LogP contribution is -2.45. The van der Waals surface area contributed by atoms with Gasteiger partial charge in [0.1, 0.15) is 0 Å². The summed E-state index contributed by atoms with van der Waals surface area (Å²) in [5, 5.41) is 9.22. The second kappa shape index (κ2) is 11.0. The quantitative estimate of drug-likeness (QED) is 0.453. The number of alkyl halides is 3. The van der Waals surface area contributed by atoms with E-state index in [4.69, 9.17) is 0 Å². The van der Waals surface area contributed by atoms with Gasteiger partial charge in [-0.05, 0) is 37.5 Å². The first-order valence-electron chi connectivity index (χ1n) is 10.0. The third-order valence-electron chi connectivity index (χ3n) is 4.47. The van der Waals surface area contributed by atoms with Gasteiger partial charge in [-0.1, -0.05) is 19.1 Å². The van der Waals surface area contributed by atoms with Crippen LogP contribution in [0.3, 0.4) is 0 Å². The summed E-state index contributed by atoms with van der Waals surface area (Å²) in [7, 11) is 0. The zero-order valence-corrected chi connectivity index (χ0v) is 17.0. The van der Waals surface area contributed by atoms with Gasteiger partial charge in [0.2, 0.25) is 5.91 Å². The number of hydrogen-bond acceptors (Lipinski definition) is 3. The lowest BCUT2D eigenvalue weighted by molar-refractivity contribution is -0.143. The fraction of sp³-hybridized carbons (Fsp3) is 0.600. The summed E-state index contributed by atoms with van der Waals surface area (Å²) < 4.78 is 37.7. The number of nitrogens with one attached hydrogen (secondary N) is 3. The minimum absolute atomic E-state index is 0.0206. The summed E-state index contributed by atoms with van der Waals surface area (Å²) in [6.45, 7) is 4.80. The Bertz CT molecular complexity index is 693. The molecule has 1 aliphatic rings. The molecule has 29 heavy (non-hydrogen) atoms. The van der Waals surface area contributed by atoms with Gasteiger partial charge in [0, 0.05) is 37.8 Å². The Morgan fingerprint density at radius 3 is 2.79 bits per heavy atom. The Morgan fingerprint density at radius 1 is 1.31 bits per heavy atom. The third-order valence-corrected chi connectivity index (χ3v) is 4.47. The lowest BCUT2D eigenvalue weighted by Gasteiger charge is -2.19. The van der Waals surface area contributed by atoms with E-state index < -0.39 is 12.7 Å². The van der Waals surface area contributed by atoms with Crippen molar-refractivity contribution in [1.29, 1.82) is 0 Å². The number of anilines is 1. The second-order valence-electron chi connectivity index (χ2n) is 7.17. The number of rotatable bonds is 8. The molecule has 0 saturated carbocycles. The van der Waals surface area contributed by atoms with Gasteiger partial charge in [-0.15, -0.1) is 0 Å². The normalized spacial score (nSPS) is 18.0. The van der Waals surface area contributed by atoms with Crippen LogP contribution in [0.5, 0.6) is 0 Å². The smallest absolute Gasteiger partial charge is 0.357 e. The highest BCUT2D eigenvalue weighted by Gasteiger charge is 2.34. The Hall–Kier alpha value is -2.29. The molecule has 1 aromatic rings. The van der Waals surface area contributed by atoms with Crippen LogP contribution >= 0.6 is 0 Å². The monoisotopic (exact) mass is 413 g/mol. The van der Waals surface area contributed by atoms with Gasteiger partial charge in [0.15, 0.2) is 5.96 Å². The maximum atomic E-state index is 12.6. The predicted octanol–water partition coefficient (Wildman–Crippen LogP) is 3.12. The van der Waals surface area contributed by atoms with Gasteiger partial charge in [0.25, 0.3) is 0 Å². The first-order chi connectivity index (χ1) is 13.8. The van der Waals surface area contributed by atoms with Gasteiger partial charge >= 0.3 is 6.18 Å². The lowest BCUT2D eigenvalue weighted by atomic mass is 10.2. The number of guanidine groups is 1. The van der Waals surface area contributed by atoms with Crippen LogP contribution in [-0.2, 0) is 11.3 Å². The number of nitrogens with zero attached hydrogens (tertiary/aromatic N) is 2. The number of benzene rings is 1. The number of hydrogen-bond donors (Lipinski definition) is 3. The molecule has 0 aromatic heterocycles. The van der Waals surface area contributed by atoms with Crippen LogP contribution in [0.4, 0.5) is 18.9 Å². The van der Waals surface area contributed by atoms with Crippen molar-refractivity contribution >= 4 is 17.6 Å². The van der Waals surface area contributed by atoms with Crippen molar-refractivity contribution in [1.82, 2.24) is 15.5 Å². The average Bonchev–Trinajstić information content (AvgIpc) is 3.05. The highest BCUT2D eigenvalue weighted by atomic mass is 19.4. The molecule has 0 bridgehead atoms. The van der Waals surface area contributed by atoms with E-state index in [9.17, 15) is 18.0 Å². The molecule has 6 nitrogen and oxygen atoms in total. The van der Waals surface area contributed by atoms with Gasteiger partial charge in [-0.25, -0.2) is 4.99 Å². The van der Waals surface area contributed by atoms with Gasteiger partial charge < -0.3 is 16.0 Å². The molecule has 1 aliphatic heterocycles. The number of carbonyl (C=O) groups is 1. The molecular weight excluding hydrogens is 383 g/mol. The fourth-order valence-electron chi connectivity index (χ4n) is 3.23. The number of amides is 1. The molecule has 1 fully saturated rings. The minimum atomic E-state index is -4.18. The SMILES string of the molecule is CCCC(=O)Nc1cccc(CN=C(NCC)NC2CCN(CC(F)(F)F)C2)c1. The summed E-state index contributed by atoms with van der Waals surface area (Å²) in [5.41, 5.74) is 1.66. The fourth-order valence-corrected chi connectivity index (χ4v) is 3.23. The number of halogens is 3. The molecule has 1 atom stereocenters. The highest BCUT2D eigenvalue weighted by molar-refractivity contribution is 5.90. The zero-order valence-electron chi connectivity index (χ0n) is 17.0. The van der Waals surface area contributed by atoms with E-state index in [-0.39, 0.29) is 11.9 Å². The summed E-state index contributed by atoms with van der Waals surface area (Å²) in [5.74, 6) is 0.555. The summed E-state index contributed by atoms with van der Waals surface area (Å²) >= 11 is 0. The van der Waals surface area contributed by atoms with Gasteiger partial charge in [-0.3, -0.25) is 9.69 Å². The molecule has 1 heterocycles. The van der Waals surface area contributed by atoms with E-state index in [1.165, 1.54) is 4.90 Å². The van der Waals surface area contributed by atoms with Crippen molar-refractivity contribution < 1.29 is 18.0 Å². The van der Waals surface area contributed by atoms with Crippen LogP contribution in [0.2, 0.25) is 0 Å². The van der Waals surface area contributed by atoms with Crippen LogP contribution in [0.25, 0.3) is 0 Å². The largest absolute Gasteiger partial charge is 0.401 e. The Labute approximate surface area is 169 Å². The Kier molecular flexibility index (Phi) is 8.75. The standard InChI is InChI=1S/C20H30F3N5O/c1-3-6-18(29)26-16-8-5-7-15(11-16)12-25-19(24-4-2)27-17-9-10-28(13-17)14-20(21,22)23/h5,7-8,11,17H,3-4,6,9-10,12-14H2,1-2H3,(H,26,29)(H2,24,25,27). The number of aliphatic imine (C=N–C) groups is 1. The van der Waals surface area contributed by atoms with Crippen molar-refractivity contribution in [3.63, 3.8) is 0 Å². The molecule has 1 amide bonds. The van der Waals surface area contributed by atoms with Crippen molar-refractivity contribution in [2.24, 2.45) is 4.99 Å². The molecular formula is C20H30F3N5O. The predicted molar refractivity (Wildman–Crippen MR) is 109 cm³/mol. The van der Waals surface area contributed by atoms with E-state index in [1.54, 1.807) is 0 Å². The molecule has 0 aliphatic carbocycles. The van der Waals surface area contributed by atoms with E-state index in [0.29, 0.717) is 45.0 Å². The molecule has 162 valence electrons. The van der Waals surface area contributed by atoms with Crippen molar-refractivity contribution in [2.45, 2.75) is 51.9 Å². The van der Waals surface area contributed by atoms with E-state index in [0.717, 1.165) is 17.7 Å². The van der Waals surface area contributed by atoms with Crippen molar-refractivity contribution in [2.75, 3.05) is 31.5 Å². The summed E-state index contributed by atoms with van der Waals surface area (Å²) in [4.78, 5) is 17.7. The summed E-state index contributed by atoms with van der Waals surface area (Å²) in [6, 6.07) is 7.41. The number of carbonyl (C=O) groups excluding carboxylic acids is 1. The van der Waals surface area contributed by atoms with Crippen LogP contribution in [0.15, 0.2) is 29.3 Å². The highest BCUT2D eigenvalue weighted by Crippen LogP contribution is 2.20. The molecule has 1 saturated heterocycles. The second-order valence-corrected chi connectivity index (χ2v) is 7.17. The number of likely N-dealkylation sites (tertiary alicyclic amines) is 1. The van der Waals surface area contributed by atoms with Crippen LogP contribution in [0, 0.1) is 0 Å². The first kappa shape index (κ1) is 23.0. The first-order valence-corrected chi connectivity index (χ1v) is 10.0. The van der Waals surface area contributed by atoms with Crippen LogP contribution in [0.1, 0.15) is 38.7 Å². The third kappa shape index (κ3) is 8.72. The van der Waals surface area contributed by atoms with Crippen molar-refractivity contribution in [3.05, 3.63) is 29.8 Å². The zero-order chi connectivity index (χ0) is 21.3. The van der Waals surface area contributed by atoms with Gasteiger partial charge in [-0.2, -0.15) is 13.2 Å². The molecule has 2 rings (SSSR count). The van der Waals surface area contributed by atoms with Gasteiger partial charge in [0.05, 0.1) is 13.1 Å². The summed E-state index contributed by atoms with van der Waals surface area (Å²) in [6.07, 6.45) is -2.27. The maximum Gasteiger partial charge on any atom is 0.401 e. The maximum absolute atomic E-state index is 12.6. The molecule has 1 aromatic carbocycles. The van der Waals surface area contributed by atoms with Crippen LogP contribution < -0.4 is 16.0 Å². The molecule has 0 radical (unpaired) electrons. The Balaban J connectivity index is 1.93. The van der Waals surface area contributed by atoms with E-state index in [1.807, 2.05) is 38.1 Å². The molecule has 0 spiro atoms. The minimum Gasteiger partial charge on any atom is -0.357 e. The molecule has 9 heteroatoms. The Morgan fingerprint density at radius 2 is 2.10 bits per heavy atom. The molecule has 1 unspecified atom stereocenters. The van der Waals surface area contributed by atoms with Crippen molar-refractivity contribution in [3.8, 4) is 0 Å². The topological polar surface area (TPSA) is 68.8 Å². The molecule has 3 N–H and O–H groups in total.